The maximum atomic E-state index is 12.5. The number of allylic oxidation sites excluding steroid dienone is 2. The number of aliphatic imine (C=N–C) groups is 1. The minimum Gasteiger partial charge on any atom is -0.321 e. The number of fused-ring (bicyclic) bond motifs is 1. The molecule has 2 heterocycles. The number of urea groups is 1. The molecule has 3 rings (SSSR count). The number of amides is 4. The van der Waals surface area contributed by atoms with Crippen LogP contribution in [-0.4, -0.2) is 42.0 Å². The van der Waals surface area contributed by atoms with E-state index in [0.717, 1.165) is 11.3 Å². The fourth-order valence-electron chi connectivity index (χ4n) is 3.12. The van der Waals surface area contributed by atoms with Crippen LogP contribution in [0.1, 0.15) is 12.8 Å². The summed E-state index contributed by atoms with van der Waals surface area (Å²) < 4.78 is 0. The zero-order chi connectivity index (χ0) is 18.8. The third-order valence-electron chi connectivity index (χ3n) is 4.32. The summed E-state index contributed by atoms with van der Waals surface area (Å²) in [6, 6.07) is 3.82. The summed E-state index contributed by atoms with van der Waals surface area (Å²) in [6.07, 6.45) is 4.34. The second-order valence-corrected chi connectivity index (χ2v) is 6.28. The molecule has 1 aromatic rings. The van der Waals surface area contributed by atoms with Gasteiger partial charge in [-0.2, -0.15) is 0 Å². The number of nitrogens with one attached hydrogen (secondary N) is 1. The maximum absolute atomic E-state index is 12.5. The SMILES string of the molecule is C=C/C=C(\N=C)C(=O)Nc1ccc(N2C(=O)C3CCCN3C2=O)c(Cl)c1. The van der Waals surface area contributed by atoms with Gasteiger partial charge in [0.25, 0.3) is 11.8 Å². The Hall–Kier alpha value is -2.93. The highest BCUT2D eigenvalue weighted by Crippen LogP contribution is 2.36. The van der Waals surface area contributed by atoms with E-state index in [1.807, 2.05) is 0 Å². The van der Waals surface area contributed by atoms with Crippen LogP contribution in [0.3, 0.4) is 0 Å². The molecule has 0 radical (unpaired) electrons. The number of hydrogen-bond acceptors (Lipinski definition) is 4. The number of carbonyl (C=O) groups excluding carboxylic acids is 3. The normalized spacial score (nSPS) is 19.6. The maximum Gasteiger partial charge on any atom is 0.332 e. The van der Waals surface area contributed by atoms with Crippen LogP contribution in [0, 0.1) is 0 Å². The minimum absolute atomic E-state index is 0.103. The van der Waals surface area contributed by atoms with E-state index in [1.54, 1.807) is 11.0 Å². The van der Waals surface area contributed by atoms with Crippen molar-refractivity contribution < 1.29 is 14.4 Å². The van der Waals surface area contributed by atoms with Gasteiger partial charge in [-0.15, -0.1) is 0 Å². The molecule has 4 amide bonds. The second-order valence-electron chi connectivity index (χ2n) is 5.87. The van der Waals surface area contributed by atoms with E-state index in [9.17, 15) is 14.4 Å². The number of hydrogen-bond donors (Lipinski definition) is 1. The summed E-state index contributed by atoms with van der Waals surface area (Å²) in [5.41, 5.74) is 0.811. The van der Waals surface area contributed by atoms with Crippen LogP contribution in [-0.2, 0) is 9.59 Å². The molecule has 7 nitrogen and oxygen atoms in total. The van der Waals surface area contributed by atoms with Gasteiger partial charge in [0, 0.05) is 12.2 Å². The average molecular weight is 373 g/mol. The Morgan fingerprint density at radius 2 is 2.15 bits per heavy atom. The molecule has 134 valence electrons. The summed E-state index contributed by atoms with van der Waals surface area (Å²) in [4.78, 5) is 43.4. The van der Waals surface area contributed by atoms with Crippen molar-refractivity contribution in [1.82, 2.24) is 4.90 Å². The van der Waals surface area contributed by atoms with Crippen LogP contribution in [0.25, 0.3) is 0 Å². The van der Waals surface area contributed by atoms with Crippen molar-refractivity contribution in [1.29, 1.82) is 0 Å². The third-order valence-corrected chi connectivity index (χ3v) is 4.62. The molecule has 2 aliphatic heterocycles. The predicted octanol–water partition coefficient (Wildman–Crippen LogP) is 2.98. The number of rotatable bonds is 5. The number of halogens is 1. The highest BCUT2D eigenvalue weighted by atomic mass is 35.5. The zero-order valence-electron chi connectivity index (χ0n) is 13.9. The summed E-state index contributed by atoms with van der Waals surface area (Å²) >= 11 is 6.27. The number of nitrogens with zero attached hydrogens (tertiary/aromatic N) is 3. The molecular weight excluding hydrogens is 356 g/mol. The summed E-state index contributed by atoms with van der Waals surface area (Å²) in [5, 5.41) is 2.81. The van der Waals surface area contributed by atoms with Crippen molar-refractivity contribution in [3.05, 3.63) is 47.6 Å². The van der Waals surface area contributed by atoms with Gasteiger partial charge in [0.1, 0.15) is 11.7 Å². The molecule has 26 heavy (non-hydrogen) atoms. The van der Waals surface area contributed by atoms with Crippen molar-refractivity contribution in [3.63, 3.8) is 0 Å². The minimum atomic E-state index is -0.474. The molecule has 2 saturated heterocycles. The third kappa shape index (κ3) is 3.01. The molecule has 1 atom stereocenters. The Bertz CT molecular complexity index is 827. The van der Waals surface area contributed by atoms with Crippen LogP contribution in [0.2, 0.25) is 5.02 Å². The first-order chi connectivity index (χ1) is 12.5. The summed E-state index contributed by atoms with van der Waals surface area (Å²) in [7, 11) is 0. The molecule has 0 spiro atoms. The van der Waals surface area contributed by atoms with E-state index in [0.29, 0.717) is 24.3 Å². The van der Waals surface area contributed by atoms with E-state index < -0.39 is 11.9 Å². The molecule has 2 fully saturated rings. The van der Waals surface area contributed by atoms with E-state index in [2.05, 4.69) is 23.6 Å². The van der Waals surface area contributed by atoms with Crippen LogP contribution < -0.4 is 10.2 Å². The Balaban J connectivity index is 1.82. The first-order valence-corrected chi connectivity index (χ1v) is 8.40. The van der Waals surface area contributed by atoms with Crippen molar-refractivity contribution in [3.8, 4) is 0 Å². The number of benzene rings is 1. The van der Waals surface area contributed by atoms with Crippen LogP contribution in [0.5, 0.6) is 0 Å². The number of anilines is 2. The Kier molecular flexibility index (Phi) is 4.90. The summed E-state index contributed by atoms with van der Waals surface area (Å²) in [6.45, 7) is 7.41. The molecule has 0 aromatic heterocycles. The van der Waals surface area contributed by atoms with Crippen molar-refractivity contribution >= 4 is 47.5 Å². The van der Waals surface area contributed by atoms with E-state index in [-0.39, 0.29) is 22.7 Å². The van der Waals surface area contributed by atoms with Gasteiger partial charge in [-0.1, -0.05) is 24.3 Å². The number of imide groups is 1. The van der Waals surface area contributed by atoms with Crippen molar-refractivity contribution in [2.45, 2.75) is 18.9 Å². The largest absolute Gasteiger partial charge is 0.332 e. The van der Waals surface area contributed by atoms with Gasteiger partial charge in [0.2, 0.25) is 0 Å². The lowest BCUT2D eigenvalue weighted by atomic mass is 10.2. The summed E-state index contributed by atoms with van der Waals surface area (Å²) in [5.74, 6) is -0.740. The van der Waals surface area contributed by atoms with Crippen molar-refractivity contribution in [2.75, 3.05) is 16.8 Å². The zero-order valence-corrected chi connectivity index (χ0v) is 14.7. The Morgan fingerprint density at radius 1 is 1.38 bits per heavy atom. The molecule has 0 saturated carbocycles. The smallest absolute Gasteiger partial charge is 0.321 e. The van der Waals surface area contributed by atoms with Gasteiger partial charge >= 0.3 is 6.03 Å². The van der Waals surface area contributed by atoms with E-state index in [1.165, 1.54) is 24.3 Å². The van der Waals surface area contributed by atoms with Gasteiger partial charge in [-0.25, -0.2) is 9.69 Å². The Morgan fingerprint density at radius 3 is 2.77 bits per heavy atom. The van der Waals surface area contributed by atoms with E-state index >= 15 is 0 Å². The predicted molar refractivity (Wildman–Crippen MR) is 101 cm³/mol. The van der Waals surface area contributed by atoms with Crippen molar-refractivity contribution in [2.24, 2.45) is 4.99 Å². The van der Waals surface area contributed by atoms with Gasteiger partial charge < -0.3 is 10.2 Å². The standard InChI is InChI=1S/C18H17ClN4O3/c1-3-5-13(20-2)16(24)21-11-7-8-14(12(19)10-11)23-17(25)15-6-4-9-22(15)18(23)26/h3,5,7-8,10,15H,1-2,4,6,9H2,(H,21,24)/b13-5-. The lowest BCUT2D eigenvalue weighted by Crippen LogP contribution is -2.33. The number of carbonyl (C=O) groups is 3. The van der Waals surface area contributed by atoms with Crippen LogP contribution >= 0.6 is 11.6 Å². The molecular formula is C18H17ClN4O3. The molecule has 8 heteroatoms. The fraction of sp³-hybridized carbons (Fsp3) is 0.222. The van der Waals surface area contributed by atoms with Crippen LogP contribution in [0.4, 0.5) is 16.2 Å². The molecule has 1 N–H and O–H groups in total. The highest BCUT2D eigenvalue weighted by molar-refractivity contribution is 6.36. The van der Waals surface area contributed by atoms with Gasteiger partial charge in [0.15, 0.2) is 0 Å². The molecule has 2 aliphatic rings. The quantitative estimate of drug-likeness (QED) is 0.373. The lowest BCUT2D eigenvalue weighted by molar-refractivity contribution is -0.119. The topological polar surface area (TPSA) is 82.1 Å². The second kappa shape index (κ2) is 7.13. The highest BCUT2D eigenvalue weighted by Gasteiger charge is 2.48. The Labute approximate surface area is 155 Å². The monoisotopic (exact) mass is 372 g/mol. The van der Waals surface area contributed by atoms with E-state index in [4.69, 9.17) is 11.6 Å². The first kappa shape index (κ1) is 17.9. The average Bonchev–Trinajstić information content (AvgIpc) is 3.18. The fourth-order valence-corrected chi connectivity index (χ4v) is 3.38. The van der Waals surface area contributed by atoms with Crippen LogP contribution in [0.15, 0.2) is 47.6 Å². The molecule has 0 aliphatic carbocycles. The van der Waals surface area contributed by atoms with Gasteiger partial charge in [0.05, 0.1) is 10.7 Å². The molecule has 1 unspecified atom stereocenters. The lowest BCUT2D eigenvalue weighted by Gasteiger charge is -2.17. The van der Waals surface area contributed by atoms with Gasteiger partial charge in [-0.3, -0.25) is 14.6 Å². The first-order valence-electron chi connectivity index (χ1n) is 8.03. The molecule has 1 aromatic carbocycles. The molecule has 0 bridgehead atoms. The van der Waals surface area contributed by atoms with Gasteiger partial charge in [-0.05, 0) is 43.8 Å².